The molecule has 1 saturated heterocycles. The molecule has 1 heterocycles. The number of amides is 1. The average molecular weight is 394 g/mol. The van der Waals surface area contributed by atoms with Gasteiger partial charge in [-0.2, -0.15) is 0 Å². The lowest BCUT2D eigenvalue weighted by atomic mass is 10.1. The van der Waals surface area contributed by atoms with Crippen LogP contribution in [0.25, 0.3) is 6.08 Å². The Morgan fingerprint density at radius 3 is 2.50 bits per heavy atom. The summed E-state index contributed by atoms with van der Waals surface area (Å²) in [6.07, 6.45) is 1.75. The highest BCUT2D eigenvalue weighted by Crippen LogP contribution is 2.37. The van der Waals surface area contributed by atoms with Crippen molar-refractivity contribution in [2.75, 3.05) is 4.90 Å². The summed E-state index contributed by atoms with van der Waals surface area (Å²) in [5.74, 6) is -0.140. The van der Waals surface area contributed by atoms with Gasteiger partial charge in [0.2, 0.25) is 0 Å². The van der Waals surface area contributed by atoms with Crippen LogP contribution in [0.5, 0.6) is 0 Å². The Hall–Kier alpha value is -1.33. The van der Waals surface area contributed by atoms with Crippen molar-refractivity contribution >= 4 is 69.2 Å². The van der Waals surface area contributed by atoms with Crippen molar-refractivity contribution in [1.29, 1.82) is 0 Å². The van der Waals surface area contributed by atoms with Gasteiger partial charge >= 0.3 is 0 Å². The Bertz CT molecular complexity index is 893. The largest absolute Gasteiger partial charge is 0.270 e. The minimum atomic E-state index is -0.140. The first-order valence-corrected chi connectivity index (χ1v) is 9.15. The number of aryl methyl sites for hydroxylation is 2. The number of carbonyl (C=O) groups is 1. The van der Waals surface area contributed by atoms with Gasteiger partial charge in [-0.1, -0.05) is 59.3 Å². The van der Waals surface area contributed by atoms with E-state index in [1.807, 2.05) is 32.0 Å². The summed E-state index contributed by atoms with van der Waals surface area (Å²) in [5.41, 5.74) is 3.81. The molecular formula is C18H13Cl2NOS2. The highest BCUT2D eigenvalue weighted by atomic mass is 35.5. The molecule has 24 heavy (non-hydrogen) atoms. The quantitative estimate of drug-likeness (QED) is 0.459. The number of nitrogens with zero attached hydrogens (tertiary/aromatic N) is 1. The van der Waals surface area contributed by atoms with E-state index in [2.05, 4.69) is 0 Å². The fourth-order valence-electron chi connectivity index (χ4n) is 2.31. The summed E-state index contributed by atoms with van der Waals surface area (Å²) in [6.45, 7) is 4.05. The molecule has 0 saturated carbocycles. The number of hydrogen-bond donors (Lipinski definition) is 0. The highest BCUT2D eigenvalue weighted by molar-refractivity contribution is 8.27. The topological polar surface area (TPSA) is 20.3 Å². The average Bonchev–Trinajstić information content (AvgIpc) is 2.79. The van der Waals surface area contributed by atoms with Crippen molar-refractivity contribution in [3.63, 3.8) is 0 Å². The van der Waals surface area contributed by atoms with E-state index in [0.717, 1.165) is 16.8 Å². The third kappa shape index (κ3) is 3.38. The summed E-state index contributed by atoms with van der Waals surface area (Å²) in [5, 5.41) is 1.05. The van der Waals surface area contributed by atoms with Gasteiger partial charge in [0.15, 0.2) is 4.32 Å². The minimum absolute atomic E-state index is 0.140. The van der Waals surface area contributed by atoms with Crippen molar-refractivity contribution in [1.82, 2.24) is 0 Å². The fourth-order valence-corrected chi connectivity index (χ4v) is 4.07. The summed E-state index contributed by atoms with van der Waals surface area (Å²) in [7, 11) is 0. The molecule has 6 heteroatoms. The number of rotatable bonds is 2. The molecule has 2 aromatic carbocycles. The van der Waals surface area contributed by atoms with Gasteiger partial charge in [0, 0.05) is 10.0 Å². The molecule has 122 valence electrons. The van der Waals surface area contributed by atoms with Crippen LogP contribution in [0.4, 0.5) is 5.69 Å². The lowest BCUT2D eigenvalue weighted by molar-refractivity contribution is -0.113. The van der Waals surface area contributed by atoms with Gasteiger partial charge < -0.3 is 0 Å². The predicted octanol–water partition coefficient (Wildman–Crippen LogP) is 6.02. The number of halogens is 2. The van der Waals surface area contributed by atoms with Crippen LogP contribution in [-0.4, -0.2) is 10.2 Å². The lowest BCUT2D eigenvalue weighted by Crippen LogP contribution is -2.27. The Kier molecular flexibility index (Phi) is 5.02. The maximum absolute atomic E-state index is 12.8. The maximum atomic E-state index is 12.8. The van der Waals surface area contributed by atoms with Crippen molar-refractivity contribution in [3.05, 3.63) is 68.0 Å². The van der Waals surface area contributed by atoms with E-state index >= 15 is 0 Å². The zero-order chi connectivity index (χ0) is 17.4. The molecule has 1 fully saturated rings. The molecule has 0 unspecified atom stereocenters. The second-order valence-corrected chi connectivity index (χ2v) is 7.97. The first kappa shape index (κ1) is 17.5. The van der Waals surface area contributed by atoms with Gasteiger partial charge in [-0.25, -0.2) is 0 Å². The predicted molar refractivity (Wildman–Crippen MR) is 108 cm³/mol. The van der Waals surface area contributed by atoms with Crippen molar-refractivity contribution in [3.8, 4) is 0 Å². The number of carbonyl (C=O) groups excluding carboxylic acids is 1. The molecule has 1 aliphatic rings. The molecular weight excluding hydrogens is 381 g/mol. The first-order valence-electron chi connectivity index (χ1n) is 7.17. The standard InChI is InChI=1S/C18H13Cl2NOS2/c1-10-3-6-14(7-11(10)2)21-17(22)16(24-18(21)23)8-12-4-5-13(19)9-15(12)20/h3-9H,1-2H3/b16-8-. The zero-order valence-corrected chi connectivity index (χ0v) is 16.1. The van der Waals surface area contributed by atoms with Crippen LogP contribution in [0, 0.1) is 13.8 Å². The highest BCUT2D eigenvalue weighted by Gasteiger charge is 2.33. The number of thioether (sulfide) groups is 1. The molecule has 1 amide bonds. The second-order valence-electron chi connectivity index (χ2n) is 5.45. The maximum Gasteiger partial charge on any atom is 0.270 e. The van der Waals surface area contributed by atoms with Gasteiger partial charge in [-0.05, 0) is 60.9 Å². The van der Waals surface area contributed by atoms with Gasteiger partial charge in [-0.15, -0.1) is 0 Å². The second kappa shape index (κ2) is 6.89. The van der Waals surface area contributed by atoms with E-state index in [-0.39, 0.29) is 5.91 Å². The third-order valence-electron chi connectivity index (χ3n) is 3.79. The fraction of sp³-hybridized carbons (Fsp3) is 0.111. The van der Waals surface area contributed by atoms with E-state index in [1.165, 1.54) is 17.3 Å². The number of anilines is 1. The Labute approximate surface area is 160 Å². The monoisotopic (exact) mass is 393 g/mol. The summed E-state index contributed by atoms with van der Waals surface area (Å²) in [4.78, 5) is 14.9. The van der Waals surface area contributed by atoms with Gasteiger partial charge in [0.1, 0.15) is 0 Å². The van der Waals surface area contributed by atoms with Crippen LogP contribution < -0.4 is 4.90 Å². The van der Waals surface area contributed by atoms with Crippen LogP contribution in [0.2, 0.25) is 10.0 Å². The molecule has 0 bridgehead atoms. The van der Waals surface area contributed by atoms with Gasteiger partial charge in [0.05, 0.1) is 10.6 Å². The Morgan fingerprint density at radius 1 is 1.08 bits per heavy atom. The molecule has 0 spiro atoms. The molecule has 0 aromatic heterocycles. The molecule has 0 atom stereocenters. The van der Waals surface area contributed by atoms with Gasteiger partial charge in [-0.3, -0.25) is 9.69 Å². The van der Waals surface area contributed by atoms with Crippen molar-refractivity contribution in [2.45, 2.75) is 13.8 Å². The van der Waals surface area contributed by atoms with E-state index in [1.54, 1.807) is 29.2 Å². The minimum Gasteiger partial charge on any atom is -0.268 e. The van der Waals surface area contributed by atoms with E-state index in [4.69, 9.17) is 35.4 Å². The molecule has 0 N–H and O–H groups in total. The molecule has 1 aliphatic heterocycles. The van der Waals surface area contributed by atoms with Crippen LogP contribution in [0.3, 0.4) is 0 Å². The Balaban J connectivity index is 1.96. The van der Waals surface area contributed by atoms with E-state index in [0.29, 0.717) is 19.3 Å². The molecule has 0 aliphatic carbocycles. The number of benzene rings is 2. The Morgan fingerprint density at radius 2 is 1.83 bits per heavy atom. The molecule has 3 rings (SSSR count). The summed E-state index contributed by atoms with van der Waals surface area (Å²) < 4.78 is 0.514. The smallest absolute Gasteiger partial charge is 0.268 e. The van der Waals surface area contributed by atoms with E-state index in [9.17, 15) is 4.79 Å². The molecule has 2 nitrogen and oxygen atoms in total. The first-order chi connectivity index (χ1) is 11.4. The SMILES string of the molecule is Cc1ccc(N2C(=O)/C(=C/c3ccc(Cl)cc3Cl)SC2=S)cc1C. The summed E-state index contributed by atoms with van der Waals surface area (Å²) >= 11 is 18.8. The van der Waals surface area contributed by atoms with Crippen molar-refractivity contribution < 1.29 is 4.79 Å². The number of hydrogen-bond acceptors (Lipinski definition) is 3. The third-order valence-corrected chi connectivity index (χ3v) is 5.66. The normalized spacial score (nSPS) is 16.3. The number of thiocarbonyl (C=S) groups is 1. The molecule has 0 radical (unpaired) electrons. The lowest BCUT2D eigenvalue weighted by Gasteiger charge is -2.15. The van der Waals surface area contributed by atoms with Gasteiger partial charge in [0.25, 0.3) is 5.91 Å². The van der Waals surface area contributed by atoms with Crippen LogP contribution >= 0.6 is 47.2 Å². The van der Waals surface area contributed by atoms with E-state index < -0.39 is 0 Å². The van der Waals surface area contributed by atoms with Crippen LogP contribution in [-0.2, 0) is 4.79 Å². The van der Waals surface area contributed by atoms with Crippen LogP contribution in [0.1, 0.15) is 16.7 Å². The van der Waals surface area contributed by atoms with Crippen molar-refractivity contribution in [2.24, 2.45) is 0 Å². The summed E-state index contributed by atoms with van der Waals surface area (Å²) in [6, 6.07) is 11.0. The zero-order valence-electron chi connectivity index (χ0n) is 13.0. The molecule has 2 aromatic rings. The van der Waals surface area contributed by atoms with Crippen LogP contribution in [0.15, 0.2) is 41.3 Å².